The van der Waals surface area contributed by atoms with Gasteiger partial charge in [-0.05, 0) is 56.5 Å². The highest BCUT2D eigenvalue weighted by molar-refractivity contribution is 9.10. The Hall–Kier alpha value is -2.39. The van der Waals surface area contributed by atoms with Gasteiger partial charge in [0.25, 0.3) is 0 Å². The molecule has 9 heteroatoms. The molecule has 2 amide bonds. The van der Waals surface area contributed by atoms with E-state index in [1.54, 1.807) is 13.0 Å². The normalized spacial score (nSPS) is 12.2. The summed E-state index contributed by atoms with van der Waals surface area (Å²) in [5.41, 5.74) is 3.03. The maximum Gasteiger partial charge on any atom is 0.244 e. The number of carbonyl (C=O) groups is 2. The SMILES string of the molecule is CCCNC(=O)C(C)N(Cc1ccc(Br)cc1)C(=O)CN(c1ccc(C)cc1C)S(C)(=O)=O. The van der Waals surface area contributed by atoms with Crippen LogP contribution in [0.15, 0.2) is 46.9 Å². The molecule has 2 aromatic carbocycles. The number of hydrogen-bond acceptors (Lipinski definition) is 4. The second-order valence-corrected chi connectivity index (χ2v) is 11.0. The molecule has 0 spiro atoms. The molecule has 0 heterocycles. The van der Waals surface area contributed by atoms with E-state index in [2.05, 4.69) is 21.2 Å². The van der Waals surface area contributed by atoms with Crippen LogP contribution in [0.25, 0.3) is 0 Å². The smallest absolute Gasteiger partial charge is 0.244 e. The van der Waals surface area contributed by atoms with Crippen molar-refractivity contribution in [2.75, 3.05) is 23.7 Å². The highest BCUT2D eigenvalue weighted by atomic mass is 79.9. The van der Waals surface area contributed by atoms with E-state index in [9.17, 15) is 18.0 Å². The van der Waals surface area contributed by atoms with Crippen molar-refractivity contribution in [2.45, 2.75) is 46.7 Å². The molecule has 0 aliphatic rings. The van der Waals surface area contributed by atoms with Crippen LogP contribution in [-0.4, -0.2) is 50.5 Å². The van der Waals surface area contributed by atoms with Crippen molar-refractivity contribution in [3.05, 3.63) is 63.6 Å². The number of sulfonamides is 1. The maximum atomic E-state index is 13.5. The van der Waals surface area contributed by atoms with E-state index in [1.165, 1.54) is 4.90 Å². The molecular weight excluding hydrogens is 506 g/mol. The third-order valence-electron chi connectivity index (χ3n) is 5.28. The van der Waals surface area contributed by atoms with Crippen molar-refractivity contribution in [1.29, 1.82) is 0 Å². The van der Waals surface area contributed by atoms with E-state index in [1.807, 2.05) is 57.2 Å². The number of rotatable bonds is 10. The zero-order valence-corrected chi connectivity index (χ0v) is 22.2. The Bertz CT molecular complexity index is 1090. The van der Waals surface area contributed by atoms with Crippen molar-refractivity contribution in [3.63, 3.8) is 0 Å². The first-order valence-electron chi connectivity index (χ1n) is 10.8. The second-order valence-electron chi connectivity index (χ2n) is 8.17. The predicted octanol–water partition coefficient (Wildman–Crippen LogP) is 3.78. The lowest BCUT2D eigenvalue weighted by molar-refractivity contribution is -0.139. The van der Waals surface area contributed by atoms with Gasteiger partial charge in [-0.25, -0.2) is 8.42 Å². The summed E-state index contributed by atoms with van der Waals surface area (Å²) in [7, 11) is -3.74. The van der Waals surface area contributed by atoms with Crippen molar-refractivity contribution in [2.24, 2.45) is 0 Å². The van der Waals surface area contributed by atoms with E-state index in [4.69, 9.17) is 0 Å². The number of nitrogens with zero attached hydrogens (tertiary/aromatic N) is 2. The van der Waals surface area contributed by atoms with E-state index >= 15 is 0 Å². The maximum absolute atomic E-state index is 13.5. The molecule has 0 aliphatic carbocycles. The summed E-state index contributed by atoms with van der Waals surface area (Å²) in [5, 5.41) is 2.82. The molecule has 0 radical (unpaired) electrons. The molecule has 0 fully saturated rings. The van der Waals surface area contributed by atoms with Crippen LogP contribution in [0.1, 0.15) is 37.0 Å². The van der Waals surface area contributed by atoms with Crippen LogP contribution in [0.4, 0.5) is 5.69 Å². The summed E-state index contributed by atoms with van der Waals surface area (Å²) >= 11 is 3.40. The third kappa shape index (κ3) is 7.57. The van der Waals surface area contributed by atoms with Gasteiger partial charge in [-0.3, -0.25) is 13.9 Å². The average molecular weight is 539 g/mol. The third-order valence-corrected chi connectivity index (χ3v) is 6.94. The number of benzene rings is 2. The number of hydrogen-bond donors (Lipinski definition) is 1. The van der Waals surface area contributed by atoms with E-state index in [0.717, 1.165) is 38.1 Å². The van der Waals surface area contributed by atoms with Crippen LogP contribution >= 0.6 is 15.9 Å². The number of aryl methyl sites for hydroxylation is 2. The summed E-state index contributed by atoms with van der Waals surface area (Å²) in [6, 6.07) is 12.1. The fourth-order valence-electron chi connectivity index (χ4n) is 3.45. The Balaban J connectivity index is 2.39. The van der Waals surface area contributed by atoms with Gasteiger partial charge in [0.15, 0.2) is 0 Å². The van der Waals surface area contributed by atoms with Crippen molar-refractivity contribution in [1.82, 2.24) is 10.2 Å². The Kier molecular flexibility index (Phi) is 9.48. The molecule has 1 unspecified atom stereocenters. The lowest BCUT2D eigenvalue weighted by Crippen LogP contribution is -2.51. The lowest BCUT2D eigenvalue weighted by atomic mass is 10.1. The van der Waals surface area contributed by atoms with E-state index < -0.39 is 28.5 Å². The molecule has 0 saturated carbocycles. The minimum Gasteiger partial charge on any atom is -0.354 e. The van der Waals surface area contributed by atoms with Crippen LogP contribution in [0.3, 0.4) is 0 Å². The molecule has 2 aromatic rings. The molecule has 1 atom stereocenters. The lowest BCUT2D eigenvalue weighted by Gasteiger charge is -2.32. The fourth-order valence-corrected chi connectivity index (χ4v) is 4.62. The van der Waals surface area contributed by atoms with Gasteiger partial charge in [-0.2, -0.15) is 0 Å². The summed E-state index contributed by atoms with van der Waals surface area (Å²) in [6.45, 7) is 7.62. The standard InChI is InChI=1S/C24H32BrN3O4S/c1-6-13-26-24(30)19(4)27(15-20-8-10-21(25)11-9-20)23(29)16-28(33(5,31)32)22-12-7-17(2)14-18(22)3/h7-12,14,19H,6,13,15-16H2,1-5H3,(H,26,30). The molecule has 2 rings (SSSR count). The zero-order chi connectivity index (χ0) is 24.8. The van der Waals surface area contributed by atoms with Crippen molar-refractivity contribution < 1.29 is 18.0 Å². The fraction of sp³-hybridized carbons (Fsp3) is 0.417. The molecule has 33 heavy (non-hydrogen) atoms. The zero-order valence-electron chi connectivity index (χ0n) is 19.8. The molecular formula is C24H32BrN3O4S. The summed E-state index contributed by atoms with van der Waals surface area (Å²) in [6.07, 6.45) is 1.85. The van der Waals surface area contributed by atoms with Crippen LogP contribution in [-0.2, 0) is 26.2 Å². The first kappa shape index (κ1) is 26.9. The Morgan fingerprint density at radius 1 is 1.09 bits per heavy atom. The van der Waals surface area contributed by atoms with Crippen molar-refractivity contribution in [3.8, 4) is 0 Å². The first-order chi connectivity index (χ1) is 15.4. The van der Waals surface area contributed by atoms with Gasteiger partial charge in [0, 0.05) is 17.6 Å². The summed E-state index contributed by atoms with van der Waals surface area (Å²) in [5.74, 6) is -0.734. The van der Waals surface area contributed by atoms with Crippen molar-refractivity contribution >= 4 is 43.5 Å². The highest BCUT2D eigenvalue weighted by Crippen LogP contribution is 2.24. The van der Waals surface area contributed by atoms with Crippen LogP contribution < -0.4 is 9.62 Å². The van der Waals surface area contributed by atoms with Gasteiger partial charge in [-0.1, -0.05) is 52.7 Å². The molecule has 180 valence electrons. The number of amides is 2. The molecule has 0 saturated heterocycles. The minimum absolute atomic E-state index is 0.178. The van der Waals surface area contributed by atoms with Gasteiger partial charge in [0.1, 0.15) is 12.6 Å². The minimum atomic E-state index is -3.74. The number of nitrogens with one attached hydrogen (secondary N) is 1. The topological polar surface area (TPSA) is 86.8 Å². The van der Waals surface area contributed by atoms with E-state index in [0.29, 0.717) is 12.2 Å². The average Bonchev–Trinajstić information content (AvgIpc) is 2.74. The molecule has 7 nitrogen and oxygen atoms in total. The van der Waals surface area contributed by atoms with Gasteiger partial charge in [0.05, 0.1) is 11.9 Å². The molecule has 0 aliphatic heterocycles. The van der Waals surface area contributed by atoms with Crippen LogP contribution in [0.2, 0.25) is 0 Å². The number of anilines is 1. The van der Waals surface area contributed by atoms with Gasteiger partial charge in [0.2, 0.25) is 21.8 Å². The summed E-state index contributed by atoms with van der Waals surface area (Å²) < 4.78 is 27.3. The molecule has 1 N–H and O–H groups in total. The quantitative estimate of drug-likeness (QED) is 0.499. The summed E-state index contributed by atoms with van der Waals surface area (Å²) in [4.78, 5) is 27.6. The number of carbonyl (C=O) groups excluding carboxylic acids is 2. The second kappa shape index (κ2) is 11.7. The first-order valence-corrected chi connectivity index (χ1v) is 13.4. The van der Waals surface area contributed by atoms with Crippen LogP contribution in [0.5, 0.6) is 0 Å². The number of halogens is 1. The van der Waals surface area contributed by atoms with E-state index in [-0.39, 0.29) is 12.5 Å². The van der Waals surface area contributed by atoms with Gasteiger partial charge < -0.3 is 10.2 Å². The largest absolute Gasteiger partial charge is 0.354 e. The highest BCUT2D eigenvalue weighted by Gasteiger charge is 2.30. The monoisotopic (exact) mass is 537 g/mol. The Morgan fingerprint density at radius 2 is 1.73 bits per heavy atom. The van der Waals surface area contributed by atoms with Gasteiger partial charge >= 0.3 is 0 Å². The molecule has 0 aromatic heterocycles. The Labute approximate surface area is 205 Å². The molecule has 0 bridgehead atoms. The predicted molar refractivity (Wildman–Crippen MR) is 136 cm³/mol. The Morgan fingerprint density at radius 3 is 2.27 bits per heavy atom. The van der Waals surface area contributed by atoms with Crippen LogP contribution in [0, 0.1) is 13.8 Å². The van der Waals surface area contributed by atoms with Gasteiger partial charge in [-0.15, -0.1) is 0 Å².